The van der Waals surface area contributed by atoms with Crippen LogP contribution in [0.1, 0.15) is 30.1 Å². The summed E-state index contributed by atoms with van der Waals surface area (Å²) < 4.78 is 18.7. The lowest BCUT2D eigenvalue weighted by Crippen LogP contribution is -2.42. The molecule has 3 amide bonds. The summed E-state index contributed by atoms with van der Waals surface area (Å²) in [7, 11) is 1.38. The van der Waals surface area contributed by atoms with E-state index in [2.05, 4.69) is 5.32 Å². The lowest BCUT2D eigenvalue weighted by atomic mass is 10.1. The monoisotopic (exact) mass is 337 g/mol. The molecule has 1 saturated heterocycles. The Bertz CT molecular complexity index is 594. The average molecular weight is 337 g/mol. The van der Waals surface area contributed by atoms with Crippen molar-refractivity contribution in [2.24, 2.45) is 0 Å². The molecule has 6 nitrogen and oxygen atoms in total. The summed E-state index contributed by atoms with van der Waals surface area (Å²) in [4.78, 5) is 28.0. The lowest BCUT2D eigenvalue weighted by molar-refractivity contribution is 0.0761. The van der Waals surface area contributed by atoms with E-state index in [1.165, 1.54) is 19.2 Å². The third-order valence-electron chi connectivity index (χ3n) is 4.00. The van der Waals surface area contributed by atoms with Crippen LogP contribution >= 0.6 is 0 Å². The highest BCUT2D eigenvalue weighted by Gasteiger charge is 2.23. The van der Waals surface area contributed by atoms with Gasteiger partial charge in [0.1, 0.15) is 0 Å². The molecule has 2 rings (SSSR count). The van der Waals surface area contributed by atoms with Crippen LogP contribution in [-0.2, 0) is 0 Å². The van der Waals surface area contributed by atoms with Crippen LogP contribution in [0.3, 0.4) is 0 Å². The van der Waals surface area contributed by atoms with Crippen LogP contribution in [0.5, 0.6) is 5.75 Å². The Morgan fingerprint density at radius 2 is 1.92 bits per heavy atom. The van der Waals surface area contributed by atoms with Gasteiger partial charge in [-0.1, -0.05) is 6.92 Å². The zero-order valence-corrected chi connectivity index (χ0v) is 14.2. The van der Waals surface area contributed by atoms with Gasteiger partial charge in [0.25, 0.3) is 5.91 Å². The minimum absolute atomic E-state index is 0.0957. The predicted molar refractivity (Wildman–Crippen MR) is 88.7 cm³/mol. The molecule has 0 spiro atoms. The number of carbonyl (C=O) groups is 2. The van der Waals surface area contributed by atoms with Crippen LogP contribution < -0.4 is 10.1 Å². The van der Waals surface area contributed by atoms with E-state index >= 15 is 0 Å². The molecule has 0 aliphatic carbocycles. The topological polar surface area (TPSA) is 61.9 Å². The Balaban J connectivity index is 1.99. The van der Waals surface area contributed by atoms with E-state index in [4.69, 9.17) is 4.74 Å². The van der Waals surface area contributed by atoms with Crippen molar-refractivity contribution in [3.05, 3.63) is 29.6 Å². The van der Waals surface area contributed by atoms with Gasteiger partial charge in [0.15, 0.2) is 11.6 Å². The van der Waals surface area contributed by atoms with Gasteiger partial charge in [-0.25, -0.2) is 9.18 Å². The van der Waals surface area contributed by atoms with Crippen molar-refractivity contribution in [1.82, 2.24) is 15.1 Å². The van der Waals surface area contributed by atoms with E-state index in [0.29, 0.717) is 39.1 Å². The highest BCUT2D eigenvalue weighted by molar-refractivity contribution is 5.94. The predicted octanol–water partition coefficient (Wildman–Crippen LogP) is 2.10. The number of nitrogens with one attached hydrogen (secondary N) is 1. The zero-order valence-electron chi connectivity index (χ0n) is 14.2. The molecule has 7 heteroatoms. The number of halogens is 1. The van der Waals surface area contributed by atoms with Crippen molar-refractivity contribution in [3.8, 4) is 5.75 Å². The van der Waals surface area contributed by atoms with Crippen molar-refractivity contribution in [1.29, 1.82) is 0 Å². The summed E-state index contributed by atoms with van der Waals surface area (Å²) in [6.07, 6.45) is 1.58. The fourth-order valence-corrected chi connectivity index (χ4v) is 2.65. The molecular weight excluding hydrogens is 313 g/mol. The molecule has 0 bridgehead atoms. The van der Waals surface area contributed by atoms with Crippen LogP contribution in [-0.4, -0.2) is 61.6 Å². The van der Waals surface area contributed by atoms with Crippen molar-refractivity contribution >= 4 is 11.9 Å². The molecule has 1 aliphatic rings. The molecule has 1 fully saturated rings. The van der Waals surface area contributed by atoms with E-state index in [1.54, 1.807) is 15.9 Å². The van der Waals surface area contributed by atoms with Crippen molar-refractivity contribution < 1.29 is 18.7 Å². The lowest BCUT2D eigenvalue weighted by Gasteiger charge is -2.22. The van der Waals surface area contributed by atoms with Gasteiger partial charge in [-0.15, -0.1) is 0 Å². The van der Waals surface area contributed by atoms with Gasteiger partial charge in [0.2, 0.25) is 0 Å². The maximum absolute atomic E-state index is 13.8. The third-order valence-corrected chi connectivity index (χ3v) is 4.00. The summed E-state index contributed by atoms with van der Waals surface area (Å²) in [5.41, 5.74) is 0.289. The standard InChI is InChI=1S/C17H24FN3O3/c1-3-7-19-17(23)21-9-4-8-20(10-11-21)16(22)13-5-6-15(24-2)14(18)12-13/h5-6,12H,3-4,7-11H2,1-2H3,(H,19,23). The summed E-state index contributed by atoms with van der Waals surface area (Å²) in [5.74, 6) is -0.674. The summed E-state index contributed by atoms with van der Waals surface area (Å²) in [6, 6.07) is 4.10. The van der Waals surface area contributed by atoms with Crippen LogP contribution in [0.15, 0.2) is 18.2 Å². The number of amides is 3. The SMILES string of the molecule is CCCNC(=O)N1CCCN(C(=O)c2ccc(OC)c(F)c2)CC1. The molecule has 1 aromatic rings. The first-order valence-electron chi connectivity index (χ1n) is 8.22. The number of urea groups is 1. The Kier molecular flexibility index (Phi) is 6.40. The number of carbonyl (C=O) groups excluding carboxylic acids is 2. The van der Waals surface area contributed by atoms with Gasteiger partial charge < -0.3 is 19.9 Å². The van der Waals surface area contributed by atoms with Crippen LogP contribution in [0.25, 0.3) is 0 Å². The molecule has 0 atom stereocenters. The molecule has 0 unspecified atom stereocenters. The molecular formula is C17H24FN3O3. The Morgan fingerprint density at radius 1 is 1.21 bits per heavy atom. The van der Waals surface area contributed by atoms with Crippen molar-refractivity contribution in [3.63, 3.8) is 0 Å². The molecule has 24 heavy (non-hydrogen) atoms. The first kappa shape index (κ1) is 18.0. The molecule has 1 aromatic carbocycles. The molecule has 0 radical (unpaired) electrons. The normalized spacial score (nSPS) is 15.0. The number of hydrogen-bond donors (Lipinski definition) is 1. The zero-order chi connectivity index (χ0) is 17.5. The van der Waals surface area contributed by atoms with Crippen molar-refractivity contribution in [2.75, 3.05) is 39.8 Å². The minimum Gasteiger partial charge on any atom is -0.494 e. The van der Waals surface area contributed by atoms with Crippen LogP contribution in [0, 0.1) is 5.82 Å². The third kappa shape index (κ3) is 4.37. The minimum atomic E-state index is -0.557. The fraction of sp³-hybridized carbons (Fsp3) is 0.529. The van der Waals surface area contributed by atoms with Crippen LogP contribution in [0.4, 0.5) is 9.18 Å². The fourth-order valence-electron chi connectivity index (χ4n) is 2.65. The number of nitrogens with zero attached hydrogens (tertiary/aromatic N) is 2. The van der Waals surface area contributed by atoms with Gasteiger partial charge in [0.05, 0.1) is 7.11 Å². The van der Waals surface area contributed by atoms with E-state index in [-0.39, 0.29) is 23.3 Å². The van der Waals surface area contributed by atoms with Gasteiger partial charge >= 0.3 is 6.03 Å². The summed E-state index contributed by atoms with van der Waals surface area (Å²) in [6.45, 7) is 4.70. The van der Waals surface area contributed by atoms with Gasteiger partial charge in [-0.3, -0.25) is 4.79 Å². The van der Waals surface area contributed by atoms with Gasteiger partial charge in [0, 0.05) is 38.3 Å². The van der Waals surface area contributed by atoms with E-state index in [9.17, 15) is 14.0 Å². The summed E-state index contributed by atoms with van der Waals surface area (Å²) >= 11 is 0. The number of ether oxygens (including phenoxy) is 1. The van der Waals surface area contributed by atoms with E-state index in [0.717, 1.165) is 6.42 Å². The van der Waals surface area contributed by atoms with Crippen molar-refractivity contribution in [2.45, 2.75) is 19.8 Å². The smallest absolute Gasteiger partial charge is 0.317 e. The first-order chi connectivity index (χ1) is 11.6. The molecule has 0 saturated carbocycles. The maximum Gasteiger partial charge on any atom is 0.317 e. The van der Waals surface area contributed by atoms with Gasteiger partial charge in [-0.2, -0.15) is 0 Å². The largest absolute Gasteiger partial charge is 0.494 e. The number of rotatable bonds is 4. The highest BCUT2D eigenvalue weighted by atomic mass is 19.1. The second kappa shape index (κ2) is 8.52. The quantitative estimate of drug-likeness (QED) is 0.915. The molecule has 1 heterocycles. The second-order valence-corrected chi connectivity index (χ2v) is 5.71. The van der Waals surface area contributed by atoms with E-state index < -0.39 is 5.82 Å². The summed E-state index contributed by atoms with van der Waals surface area (Å²) in [5, 5.41) is 2.85. The maximum atomic E-state index is 13.8. The number of hydrogen-bond acceptors (Lipinski definition) is 3. The molecule has 0 aromatic heterocycles. The average Bonchev–Trinajstić information content (AvgIpc) is 2.85. The number of benzene rings is 1. The number of methoxy groups -OCH3 is 1. The molecule has 1 N–H and O–H groups in total. The molecule has 132 valence electrons. The molecule has 1 aliphatic heterocycles. The van der Waals surface area contributed by atoms with Crippen LogP contribution in [0.2, 0.25) is 0 Å². The first-order valence-corrected chi connectivity index (χ1v) is 8.22. The Morgan fingerprint density at radius 3 is 2.58 bits per heavy atom. The van der Waals surface area contributed by atoms with E-state index in [1.807, 2.05) is 6.92 Å². The Hall–Kier alpha value is -2.31. The second-order valence-electron chi connectivity index (χ2n) is 5.71. The highest BCUT2D eigenvalue weighted by Crippen LogP contribution is 2.19. The van der Waals surface area contributed by atoms with Gasteiger partial charge in [-0.05, 0) is 31.0 Å². The Labute approximate surface area is 141 Å².